The standard InChI is InChI=1S/C26H22ClN3O3/c1-16-12-21(17(2)30(16)22-10-11-23(24(27)14-22)26(32)33-3)15-28-29-25(31)20-9-8-18-6-4-5-7-19(18)13-20/h4-15H,1-3H3,(H,29,31)/b28-15+. The first-order valence-electron chi connectivity index (χ1n) is 10.3. The second-order valence-corrected chi connectivity index (χ2v) is 7.99. The summed E-state index contributed by atoms with van der Waals surface area (Å²) in [6.45, 7) is 3.90. The van der Waals surface area contributed by atoms with Gasteiger partial charge in [-0.15, -0.1) is 0 Å². The summed E-state index contributed by atoms with van der Waals surface area (Å²) < 4.78 is 6.75. The van der Waals surface area contributed by atoms with Crippen LogP contribution in [0.2, 0.25) is 5.02 Å². The minimum Gasteiger partial charge on any atom is -0.465 e. The lowest BCUT2D eigenvalue weighted by molar-refractivity contribution is 0.0600. The normalized spacial score (nSPS) is 11.2. The van der Waals surface area contributed by atoms with E-state index in [2.05, 4.69) is 10.5 Å². The zero-order valence-electron chi connectivity index (χ0n) is 18.4. The second kappa shape index (κ2) is 9.30. The number of hydrogen-bond acceptors (Lipinski definition) is 4. The van der Waals surface area contributed by atoms with Crippen LogP contribution >= 0.6 is 11.6 Å². The number of carbonyl (C=O) groups is 2. The van der Waals surface area contributed by atoms with Crippen molar-refractivity contribution >= 4 is 40.5 Å². The summed E-state index contributed by atoms with van der Waals surface area (Å²) in [5.41, 5.74) is 6.96. The highest BCUT2D eigenvalue weighted by molar-refractivity contribution is 6.33. The zero-order valence-corrected chi connectivity index (χ0v) is 19.2. The molecule has 7 heteroatoms. The van der Waals surface area contributed by atoms with Crippen LogP contribution in [-0.2, 0) is 4.74 Å². The van der Waals surface area contributed by atoms with Crippen molar-refractivity contribution in [2.75, 3.05) is 7.11 Å². The van der Waals surface area contributed by atoms with Gasteiger partial charge in [-0.3, -0.25) is 4.79 Å². The molecule has 0 spiro atoms. The predicted molar refractivity (Wildman–Crippen MR) is 131 cm³/mol. The minimum atomic E-state index is -0.484. The van der Waals surface area contributed by atoms with E-state index in [9.17, 15) is 9.59 Å². The van der Waals surface area contributed by atoms with E-state index in [4.69, 9.17) is 16.3 Å². The summed E-state index contributed by atoms with van der Waals surface area (Å²) in [6, 6.07) is 20.5. The number of benzene rings is 3. The molecule has 0 saturated heterocycles. The predicted octanol–water partition coefficient (Wildman–Crippen LogP) is 5.45. The van der Waals surface area contributed by atoms with Gasteiger partial charge in [0.25, 0.3) is 5.91 Å². The Morgan fingerprint density at radius 3 is 2.48 bits per heavy atom. The Bertz CT molecular complexity index is 1410. The summed E-state index contributed by atoms with van der Waals surface area (Å²) in [7, 11) is 1.32. The number of fused-ring (bicyclic) bond motifs is 1. The van der Waals surface area contributed by atoms with Gasteiger partial charge in [0.15, 0.2) is 0 Å². The molecule has 0 atom stereocenters. The van der Waals surface area contributed by atoms with E-state index >= 15 is 0 Å². The molecule has 3 aromatic carbocycles. The average Bonchev–Trinajstić information content (AvgIpc) is 3.10. The fourth-order valence-corrected chi connectivity index (χ4v) is 4.04. The van der Waals surface area contributed by atoms with E-state index in [1.54, 1.807) is 30.5 Å². The number of nitrogens with zero attached hydrogens (tertiary/aromatic N) is 2. The molecule has 0 aliphatic carbocycles. The van der Waals surface area contributed by atoms with Crippen LogP contribution in [0.25, 0.3) is 16.5 Å². The Hall–Kier alpha value is -3.90. The van der Waals surface area contributed by atoms with Gasteiger partial charge in [0.05, 0.1) is 23.9 Å². The van der Waals surface area contributed by atoms with E-state index in [-0.39, 0.29) is 5.91 Å². The highest BCUT2D eigenvalue weighted by atomic mass is 35.5. The van der Waals surface area contributed by atoms with Crippen molar-refractivity contribution in [2.24, 2.45) is 5.10 Å². The largest absolute Gasteiger partial charge is 0.465 e. The molecule has 4 aromatic rings. The van der Waals surface area contributed by atoms with Gasteiger partial charge >= 0.3 is 5.97 Å². The van der Waals surface area contributed by atoms with Gasteiger partial charge in [-0.1, -0.05) is 41.9 Å². The van der Waals surface area contributed by atoms with Crippen LogP contribution in [0.15, 0.2) is 71.8 Å². The lowest BCUT2D eigenvalue weighted by atomic mass is 10.1. The Labute approximate surface area is 196 Å². The number of rotatable bonds is 5. The molecule has 6 nitrogen and oxygen atoms in total. The highest BCUT2D eigenvalue weighted by Crippen LogP contribution is 2.25. The Balaban J connectivity index is 1.53. The first-order chi connectivity index (χ1) is 15.9. The van der Waals surface area contributed by atoms with Crippen molar-refractivity contribution in [1.82, 2.24) is 9.99 Å². The number of methoxy groups -OCH3 is 1. The molecular weight excluding hydrogens is 438 g/mol. The number of hydrogen-bond donors (Lipinski definition) is 1. The van der Waals surface area contributed by atoms with Crippen molar-refractivity contribution in [1.29, 1.82) is 0 Å². The molecule has 1 heterocycles. The molecule has 0 radical (unpaired) electrons. The molecular formula is C26H22ClN3O3. The smallest absolute Gasteiger partial charge is 0.339 e. The molecule has 0 aliphatic rings. The van der Waals surface area contributed by atoms with Gasteiger partial charge in [0, 0.05) is 28.2 Å². The van der Waals surface area contributed by atoms with Gasteiger partial charge in [0.2, 0.25) is 0 Å². The van der Waals surface area contributed by atoms with Crippen LogP contribution in [0.3, 0.4) is 0 Å². The quantitative estimate of drug-likeness (QED) is 0.245. The molecule has 0 aliphatic heterocycles. The van der Waals surface area contributed by atoms with E-state index < -0.39 is 5.97 Å². The number of carbonyl (C=O) groups excluding carboxylic acids is 2. The number of nitrogens with one attached hydrogen (secondary N) is 1. The summed E-state index contributed by atoms with van der Waals surface area (Å²) in [4.78, 5) is 24.3. The Morgan fingerprint density at radius 1 is 1.00 bits per heavy atom. The van der Waals surface area contributed by atoms with Gasteiger partial charge < -0.3 is 9.30 Å². The van der Waals surface area contributed by atoms with Crippen molar-refractivity contribution in [3.63, 3.8) is 0 Å². The van der Waals surface area contributed by atoms with Gasteiger partial charge in [-0.2, -0.15) is 5.10 Å². The van der Waals surface area contributed by atoms with Crippen LogP contribution in [0.1, 0.15) is 37.7 Å². The van der Waals surface area contributed by atoms with E-state index in [0.717, 1.165) is 33.4 Å². The third kappa shape index (κ3) is 4.52. The summed E-state index contributed by atoms with van der Waals surface area (Å²) in [6.07, 6.45) is 1.61. The first kappa shape index (κ1) is 22.3. The van der Waals surface area contributed by atoms with Crippen molar-refractivity contribution in [2.45, 2.75) is 13.8 Å². The maximum absolute atomic E-state index is 12.5. The molecule has 0 bridgehead atoms. The monoisotopic (exact) mass is 459 g/mol. The molecule has 4 rings (SSSR count). The maximum atomic E-state index is 12.5. The number of aryl methyl sites for hydroxylation is 1. The third-order valence-electron chi connectivity index (χ3n) is 5.47. The van der Waals surface area contributed by atoms with E-state index in [1.165, 1.54) is 7.11 Å². The SMILES string of the molecule is COC(=O)c1ccc(-n2c(C)cc(/C=N/NC(=O)c3ccc4ccccc4c3)c2C)cc1Cl. The van der Waals surface area contributed by atoms with Crippen LogP contribution in [-0.4, -0.2) is 29.8 Å². The Morgan fingerprint density at radius 2 is 1.76 bits per heavy atom. The fourth-order valence-electron chi connectivity index (χ4n) is 3.79. The Kier molecular flexibility index (Phi) is 6.29. The lowest BCUT2D eigenvalue weighted by Gasteiger charge is -2.11. The van der Waals surface area contributed by atoms with Gasteiger partial charge in [0.1, 0.15) is 0 Å². The summed E-state index contributed by atoms with van der Waals surface area (Å²) in [5.74, 6) is -0.765. The number of esters is 1. The molecule has 166 valence electrons. The van der Waals surface area contributed by atoms with Gasteiger partial charge in [-0.25, -0.2) is 10.2 Å². The van der Waals surface area contributed by atoms with Crippen molar-refractivity contribution in [3.8, 4) is 5.69 Å². The molecule has 1 aromatic heterocycles. The van der Waals surface area contributed by atoms with Crippen molar-refractivity contribution in [3.05, 3.63) is 99.8 Å². The van der Waals surface area contributed by atoms with E-state index in [0.29, 0.717) is 16.1 Å². The second-order valence-electron chi connectivity index (χ2n) is 7.58. The molecule has 1 N–H and O–H groups in total. The summed E-state index contributed by atoms with van der Waals surface area (Å²) in [5, 5.41) is 6.53. The number of ether oxygens (including phenoxy) is 1. The average molecular weight is 460 g/mol. The maximum Gasteiger partial charge on any atom is 0.339 e. The molecule has 33 heavy (non-hydrogen) atoms. The fraction of sp³-hybridized carbons (Fsp3) is 0.115. The van der Waals surface area contributed by atoms with Crippen LogP contribution in [0, 0.1) is 13.8 Å². The lowest BCUT2D eigenvalue weighted by Crippen LogP contribution is -2.17. The van der Waals surface area contributed by atoms with Crippen molar-refractivity contribution < 1.29 is 14.3 Å². The molecule has 0 fully saturated rings. The van der Waals surface area contributed by atoms with E-state index in [1.807, 2.05) is 60.9 Å². The van der Waals surface area contributed by atoms with Crippen LogP contribution in [0.5, 0.6) is 0 Å². The third-order valence-corrected chi connectivity index (χ3v) is 5.78. The van der Waals surface area contributed by atoms with Crippen LogP contribution < -0.4 is 5.43 Å². The molecule has 1 amide bonds. The summed E-state index contributed by atoms with van der Waals surface area (Å²) >= 11 is 6.29. The number of aromatic nitrogens is 1. The zero-order chi connectivity index (χ0) is 23.5. The number of halogens is 1. The number of hydrazone groups is 1. The molecule has 0 unspecified atom stereocenters. The highest BCUT2D eigenvalue weighted by Gasteiger charge is 2.15. The number of amides is 1. The molecule has 0 saturated carbocycles. The van der Waals surface area contributed by atoms with Gasteiger partial charge in [-0.05, 0) is 61.0 Å². The topological polar surface area (TPSA) is 72.7 Å². The first-order valence-corrected chi connectivity index (χ1v) is 10.7. The van der Waals surface area contributed by atoms with Crippen LogP contribution in [0.4, 0.5) is 0 Å². The minimum absolute atomic E-state index is 0.281.